The first kappa shape index (κ1) is 12.8. The first-order valence-corrected chi connectivity index (χ1v) is 6.45. The van der Waals surface area contributed by atoms with Crippen LogP contribution in [0.3, 0.4) is 0 Å². The van der Waals surface area contributed by atoms with Gasteiger partial charge in [0.25, 0.3) is 0 Å². The summed E-state index contributed by atoms with van der Waals surface area (Å²) in [6, 6.07) is 4.02. The summed E-state index contributed by atoms with van der Waals surface area (Å²) < 4.78 is 0. The number of anilines is 1. The lowest BCUT2D eigenvalue weighted by Crippen LogP contribution is -2.44. The van der Waals surface area contributed by atoms with Crippen molar-refractivity contribution < 1.29 is 5.11 Å². The molecule has 4 heteroatoms. The average molecular weight is 245 g/mol. The molecule has 1 aromatic heterocycles. The Morgan fingerprint density at radius 3 is 2.78 bits per heavy atom. The van der Waals surface area contributed by atoms with Gasteiger partial charge in [-0.25, -0.2) is 4.98 Å². The Hall–Kier alpha value is -1.60. The summed E-state index contributed by atoms with van der Waals surface area (Å²) in [6.07, 6.45) is 7.01. The van der Waals surface area contributed by atoms with Gasteiger partial charge in [0.15, 0.2) is 0 Å². The second-order valence-electron chi connectivity index (χ2n) is 5.09. The Balaban J connectivity index is 2.27. The van der Waals surface area contributed by atoms with Crippen LogP contribution in [0.25, 0.3) is 0 Å². The number of aryl methyl sites for hydroxylation is 1. The molecule has 0 amide bonds. The minimum Gasteiger partial charge on any atom is -0.394 e. The van der Waals surface area contributed by atoms with Crippen LogP contribution in [0.4, 0.5) is 5.82 Å². The predicted molar refractivity (Wildman–Crippen MR) is 70.2 cm³/mol. The first-order valence-electron chi connectivity index (χ1n) is 6.45. The third-order valence-electron chi connectivity index (χ3n) is 3.77. The zero-order valence-electron chi connectivity index (χ0n) is 10.7. The lowest BCUT2D eigenvalue weighted by atomic mass is 9.82. The second kappa shape index (κ2) is 5.36. The fourth-order valence-corrected chi connectivity index (χ4v) is 2.60. The van der Waals surface area contributed by atoms with Gasteiger partial charge < -0.3 is 10.4 Å². The summed E-state index contributed by atoms with van der Waals surface area (Å²) >= 11 is 0. The van der Waals surface area contributed by atoms with E-state index in [1.165, 1.54) is 6.42 Å². The summed E-state index contributed by atoms with van der Waals surface area (Å²) in [5.41, 5.74) is 1.19. The van der Waals surface area contributed by atoms with Gasteiger partial charge in [0.2, 0.25) is 0 Å². The highest BCUT2D eigenvalue weighted by Crippen LogP contribution is 2.32. The fraction of sp³-hybridized carbons (Fsp3) is 0.571. The van der Waals surface area contributed by atoms with Crippen LogP contribution < -0.4 is 5.32 Å². The van der Waals surface area contributed by atoms with Crippen LogP contribution in [0.15, 0.2) is 12.3 Å². The molecule has 18 heavy (non-hydrogen) atoms. The number of hydrogen-bond donors (Lipinski definition) is 2. The van der Waals surface area contributed by atoms with Crippen LogP contribution in [0.2, 0.25) is 0 Å². The molecule has 0 bridgehead atoms. The molecule has 1 aromatic rings. The Labute approximate surface area is 108 Å². The van der Waals surface area contributed by atoms with Crippen molar-refractivity contribution in [3.8, 4) is 6.07 Å². The second-order valence-corrected chi connectivity index (χ2v) is 5.09. The number of aromatic nitrogens is 1. The van der Waals surface area contributed by atoms with E-state index in [-0.39, 0.29) is 12.1 Å². The van der Waals surface area contributed by atoms with Crippen molar-refractivity contribution in [1.82, 2.24) is 4.98 Å². The van der Waals surface area contributed by atoms with E-state index in [1.54, 1.807) is 6.20 Å². The van der Waals surface area contributed by atoms with Gasteiger partial charge in [-0.05, 0) is 31.4 Å². The van der Waals surface area contributed by atoms with Crippen molar-refractivity contribution in [2.45, 2.75) is 44.6 Å². The van der Waals surface area contributed by atoms with E-state index in [1.807, 2.05) is 13.0 Å². The highest BCUT2D eigenvalue weighted by atomic mass is 16.3. The maximum Gasteiger partial charge on any atom is 0.144 e. The van der Waals surface area contributed by atoms with Gasteiger partial charge in [-0.1, -0.05) is 19.3 Å². The molecule has 1 heterocycles. The van der Waals surface area contributed by atoms with Gasteiger partial charge in [0.1, 0.15) is 11.9 Å². The molecule has 2 rings (SSSR count). The van der Waals surface area contributed by atoms with Crippen molar-refractivity contribution in [1.29, 1.82) is 5.26 Å². The van der Waals surface area contributed by atoms with Crippen LogP contribution in [-0.4, -0.2) is 22.2 Å². The van der Waals surface area contributed by atoms with E-state index in [9.17, 15) is 10.4 Å². The molecule has 96 valence electrons. The van der Waals surface area contributed by atoms with Gasteiger partial charge in [-0.3, -0.25) is 0 Å². The van der Waals surface area contributed by atoms with E-state index in [0.717, 1.165) is 31.2 Å². The molecule has 1 saturated carbocycles. The van der Waals surface area contributed by atoms with Crippen molar-refractivity contribution >= 4 is 5.82 Å². The molecule has 0 saturated heterocycles. The average Bonchev–Trinajstić information content (AvgIpc) is 2.40. The topological polar surface area (TPSA) is 68.9 Å². The normalized spacial score (nSPS) is 18.1. The Morgan fingerprint density at radius 1 is 1.44 bits per heavy atom. The summed E-state index contributed by atoms with van der Waals surface area (Å²) in [4.78, 5) is 4.25. The summed E-state index contributed by atoms with van der Waals surface area (Å²) in [5.74, 6) is 0.605. The quantitative estimate of drug-likeness (QED) is 0.857. The van der Waals surface area contributed by atoms with Crippen LogP contribution in [-0.2, 0) is 0 Å². The molecule has 4 nitrogen and oxygen atoms in total. The van der Waals surface area contributed by atoms with Gasteiger partial charge in [-0.15, -0.1) is 0 Å². The number of hydrogen-bond acceptors (Lipinski definition) is 4. The molecule has 0 aromatic carbocycles. The van der Waals surface area contributed by atoms with Gasteiger partial charge in [-0.2, -0.15) is 5.26 Å². The van der Waals surface area contributed by atoms with E-state index < -0.39 is 0 Å². The lowest BCUT2D eigenvalue weighted by Gasteiger charge is -2.37. The molecule has 1 fully saturated rings. The van der Waals surface area contributed by atoms with Crippen molar-refractivity contribution in [2.75, 3.05) is 11.9 Å². The molecule has 1 aliphatic carbocycles. The van der Waals surface area contributed by atoms with Crippen molar-refractivity contribution in [3.05, 3.63) is 23.4 Å². The number of pyridine rings is 1. The molecule has 0 unspecified atom stereocenters. The van der Waals surface area contributed by atoms with Gasteiger partial charge in [0.05, 0.1) is 17.7 Å². The number of nitrogens with zero attached hydrogens (tertiary/aromatic N) is 2. The van der Waals surface area contributed by atoms with Crippen molar-refractivity contribution in [3.63, 3.8) is 0 Å². The van der Waals surface area contributed by atoms with Gasteiger partial charge >= 0.3 is 0 Å². The smallest absolute Gasteiger partial charge is 0.144 e. The standard InChI is InChI=1S/C14H19N3O/c1-11-5-8-16-13(12(11)9-15)17-14(10-18)6-3-2-4-7-14/h5,8,18H,2-4,6-7,10H2,1H3,(H,16,17). The SMILES string of the molecule is Cc1ccnc(NC2(CO)CCCCC2)c1C#N. The largest absolute Gasteiger partial charge is 0.394 e. The molecule has 0 spiro atoms. The van der Waals surface area contributed by atoms with Crippen molar-refractivity contribution in [2.24, 2.45) is 0 Å². The number of nitrogens with one attached hydrogen (secondary N) is 1. The third kappa shape index (κ3) is 2.46. The number of aliphatic hydroxyl groups is 1. The lowest BCUT2D eigenvalue weighted by molar-refractivity contribution is 0.172. The number of nitriles is 1. The number of aliphatic hydroxyl groups excluding tert-OH is 1. The Kier molecular flexibility index (Phi) is 3.83. The zero-order valence-corrected chi connectivity index (χ0v) is 10.7. The monoisotopic (exact) mass is 245 g/mol. The molecule has 0 aliphatic heterocycles. The summed E-state index contributed by atoms with van der Waals surface area (Å²) in [6.45, 7) is 1.99. The maximum absolute atomic E-state index is 9.66. The third-order valence-corrected chi connectivity index (χ3v) is 3.77. The van der Waals surface area contributed by atoms with Crippen LogP contribution in [0.5, 0.6) is 0 Å². The Bertz CT molecular complexity index is 459. The molecule has 0 atom stereocenters. The minimum absolute atomic E-state index is 0.0908. The van der Waals surface area contributed by atoms with Crippen LogP contribution in [0, 0.1) is 18.3 Å². The summed E-state index contributed by atoms with van der Waals surface area (Å²) in [5, 5.41) is 22.2. The zero-order chi connectivity index (χ0) is 13.0. The fourth-order valence-electron chi connectivity index (χ4n) is 2.60. The summed E-state index contributed by atoms with van der Waals surface area (Å²) in [7, 11) is 0. The highest BCUT2D eigenvalue weighted by molar-refractivity contribution is 5.56. The van der Waals surface area contributed by atoms with E-state index in [0.29, 0.717) is 11.4 Å². The van der Waals surface area contributed by atoms with E-state index in [2.05, 4.69) is 16.4 Å². The molecule has 2 N–H and O–H groups in total. The highest BCUT2D eigenvalue weighted by Gasteiger charge is 2.32. The Morgan fingerprint density at radius 2 is 2.17 bits per heavy atom. The minimum atomic E-state index is -0.301. The first-order chi connectivity index (χ1) is 8.71. The van der Waals surface area contributed by atoms with Crippen LogP contribution >= 0.6 is 0 Å². The molecular formula is C14H19N3O. The van der Waals surface area contributed by atoms with Gasteiger partial charge in [0, 0.05) is 6.20 Å². The molecular weight excluding hydrogens is 226 g/mol. The molecule has 0 radical (unpaired) electrons. The predicted octanol–water partition coefficient (Wildman–Crippen LogP) is 2.37. The van der Waals surface area contributed by atoms with E-state index in [4.69, 9.17) is 0 Å². The van der Waals surface area contributed by atoms with E-state index >= 15 is 0 Å². The maximum atomic E-state index is 9.66. The molecule has 1 aliphatic rings. The number of rotatable bonds is 3. The van der Waals surface area contributed by atoms with Crippen LogP contribution in [0.1, 0.15) is 43.2 Å².